The average Bonchev–Trinajstić information content (AvgIpc) is 2.43. The molecular formula is C13H15Cl2N3O2. The highest BCUT2D eigenvalue weighted by Gasteiger charge is 2.16. The van der Waals surface area contributed by atoms with Crippen molar-refractivity contribution in [2.24, 2.45) is 0 Å². The lowest BCUT2D eigenvalue weighted by Crippen LogP contribution is -2.21. The summed E-state index contributed by atoms with van der Waals surface area (Å²) in [7, 11) is 0. The first-order valence-corrected chi connectivity index (χ1v) is 7.09. The Morgan fingerprint density at radius 1 is 1.35 bits per heavy atom. The maximum absolute atomic E-state index is 11.0. The predicted molar refractivity (Wildman–Crippen MR) is 81.8 cm³/mol. The van der Waals surface area contributed by atoms with Crippen LogP contribution in [-0.4, -0.2) is 24.6 Å². The second-order valence-corrected chi connectivity index (χ2v) is 5.35. The predicted octanol–water partition coefficient (Wildman–Crippen LogP) is 3.62. The van der Waals surface area contributed by atoms with E-state index in [0.717, 1.165) is 25.9 Å². The van der Waals surface area contributed by atoms with Crippen molar-refractivity contribution in [3.8, 4) is 0 Å². The quantitative estimate of drug-likeness (QED) is 0.494. The number of hydrogen-bond donors (Lipinski definition) is 2. The van der Waals surface area contributed by atoms with Gasteiger partial charge < -0.3 is 10.6 Å². The first-order chi connectivity index (χ1) is 9.58. The van der Waals surface area contributed by atoms with Crippen LogP contribution in [0.4, 0.5) is 11.4 Å². The van der Waals surface area contributed by atoms with Crippen LogP contribution in [0.1, 0.15) is 12.8 Å². The number of nitrogens with one attached hydrogen (secondary N) is 2. The highest BCUT2D eigenvalue weighted by atomic mass is 35.5. The van der Waals surface area contributed by atoms with E-state index in [1.54, 1.807) is 0 Å². The van der Waals surface area contributed by atoms with E-state index in [9.17, 15) is 10.1 Å². The van der Waals surface area contributed by atoms with Crippen molar-refractivity contribution in [2.45, 2.75) is 12.8 Å². The number of anilines is 1. The standard InChI is InChI=1S/C13H15Cl2N3O2/c14-10-7-12(13(18(19)20)8-11(10)15)17-6-3-9-1-4-16-5-2-9/h1,7-8,16-17H,2-6H2. The van der Waals surface area contributed by atoms with Crippen molar-refractivity contribution in [1.82, 2.24) is 5.32 Å². The summed E-state index contributed by atoms with van der Waals surface area (Å²) in [5, 5.41) is 17.8. The summed E-state index contributed by atoms with van der Waals surface area (Å²) in [4.78, 5) is 10.5. The van der Waals surface area contributed by atoms with E-state index in [4.69, 9.17) is 23.2 Å². The molecule has 0 saturated carbocycles. The topological polar surface area (TPSA) is 67.2 Å². The fraction of sp³-hybridized carbons (Fsp3) is 0.385. The van der Waals surface area contributed by atoms with Gasteiger partial charge in [0.15, 0.2) is 0 Å². The Bertz CT molecular complexity index is 547. The minimum absolute atomic E-state index is 0.0568. The van der Waals surface area contributed by atoms with Crippen LogP contribution in [0.5, 0.6) is 0 Å². The maximum Gasteiger partial charge on any atom is 0.293 e. The molecule has 2 rings (SSSR count). The molecule has 0 fully saturated rings. The van der Waals surface area contributed by atoms with Gasteiger partial charge in [0, 0.05) is 19.2 Å². The van der Waals surface area contributed by atoms with E-state index in [1.165, 1.54) is 17.7 Å². The number of rotatable bonds is 5. The number of halogens is 2. The Labute approximate surface area is 127 Å². The molecule has 0 saturated heterocycles. The Morgan fingerprint density at radius 3 is 2.75 bits per heavy atom. The van der Waals surface area contributed by atoms with Gasteiger partial charge in [0.1, 0.15) is 5.69 Å². The molecule has 108 valence electrons. The van der Waals surface area contributed by atoms with Gasteiger partial charge in [-0.3, -0.25) is 10.1 Å². The molecule has 0 bridgehead atoms. The Balaban J connectivity index is 2.03. The molecule has 0 atom stereocenters. The lowest BCUT2D eigenvalue weighted by atomic mass is 10.1. The third-order valence-electron chi connectivity index (χ3n) is 3.15. The highest BCUT2D eigenvalue weighted by molar-refractivity contribution is 6.42. The smallest absolute Gasteiger partial charge is 0.293 e. The molecule has 1 heterocycles. The molecule has 0 unspecified atom stereocenters. The first kappa shape index (κ1) is 15.1. The lowest BCUT2D eigenvalue weighted by Gasteiger charge is -2.14. The molecule has 0 spiro atoms. The van der Waals surface area contributed by atoms with Crippen molar-refractivity contribution in [2.75, 3.05) is 25.0 Å². The van der Waals surface area contributed by atoms with Crippen molar-refractivity contribution >= 4 is 34.6 Å². The molecule has 0 radical (unpaired) electrons. The molecule has 1 aliphatic rings. The summed E-state index contributed by atoms with van der Waals surface area (Å²) in [5.74, 6) is 0. The van der Waals surface area contributed by atoms with Gasteiger partial charge in [-0.25, -0.2) is 0 Å². The van der Waals surface area contributed by atoms with Gasteiger partial charge in [-0.15, -0.1) is 0 Å². The van der Waals surface area contributed by atoms with Crippen molar-refractivity contribution in [1.29, 1.82) is 0 Å². The van der Waals surface area contributed by atoms with Gasteiger partial charge in [-0.1, -0.05) is 34.9 Å². The number of hydrogen-bond acceptors (Lipinski definition) is 4. The molecule has 20 heavy (non-hydrogen) atoms. The lowest BCUT2D eigenvalue weighted by molar-refractivity contribution is -0.383. The SMILES string of the molecule is O=[N+]([O-])c1cc(Cl)c(Cl)cc1NCCC1=CCNCC1. The Hall–Kier alpha value is -1.30. The summed E-state index contributed by atoms with van der Waals surface area (Å²) in [5.41, 5.74) is 1.71. The molecule has 1 aromatic carbocycles. The molecule has 7 heteroatoms. The molecule has 0 aromatic heterocycles. The van der Waals surface area contributed by atoms with E-state index in [1.807, 2.05) is 0 Å². The molecule has 5 nitrogen and oxygen atoms in total. The van der Waals surface area contributed by atoms with Crippen molar-refractivity contribution in [3.05, 3.63) is 43.9 Å². The summed E-state index contributed by atoms with van der Waals surface area (Å²) in [6.45, 7) is 2.51. The van der Waals surface area contributed by atoms with Crippen LogP contribution in [0.3, 0.4) is 0 Å². The summed E-state index contributed by atoms with van der Waals surface area (Å²) in [6.07, 6.45) is 4.04. The maximum atomic E-state index is 11.0. The van der Waals surface area contributed by atoms with E-state index < -0.39 is 4.92 Å². The highest BCUT2D eigenvalue weighted by Crippen LogP contribution is 2.34. The Morgan fingerprint density at radius 2 is 2.10 bits per heavy atom. The van der Waals surface area contributed by atoms with Crippen LogP contribution in [0.25, 0.3) is 0 Å². The minimum atomic E-state index is -0.464. The summed E-state index contributed by atoms with van der Waals surface area (Å²) in [6, 6.07) is 2.77. The van der Waals surface area contributed by atoms with Gasteiger partial charge in [-0.2, -0.15) is 0 Å². The third-order valence-corrected chi connectivity index (χ3v) is 3.88. The van der Waals surface area contributed by atoms with Crippen LogP contribution in [0.15, 0.2) is 23.8 Å². The molecule has 2 N–H and O–H groups in total. The zero-order valence-electron chi connectivity index (χ0n) is 10.8. The largest absolute Gasteiger partial charge is 0.379 e. The summed E-state index contributed by atoms with van der Waals surface area (Å²) >= 11 is 11.7. The van der Waals surface area contributed by atoms with E-state index in [0.29, 0.717) is 17.3 Å². The van der Waals surface area contributed by atoms with Gasteiger partial charge in [0.05, 0.1) is 15.0 Å². The van der Waals surface area contributed by atoms with Gasteiger partial charge in [0.25, 0.3) is 5.69 Å². The fourth-order valence-electron chi connectivity index (χ4n) is 2.08. The van der Waals surface area contributed by atoms with Gasteiger partial charge >= 0.3 is 0 Å². The van der Waals surface area contributed by atoms with Crippen LogP contribution >= 0.6 is 23.2 Å². The fourth-order valence-corrected chi connectivity index (χ4v) is 2.40. The van der Waals surface area contributed by atoms with Crippen LogP contribution in [0.2, 0.25) is 10.0 Å². The molecule has 1 aliphatic heterocycles. The van der Waals surface area contributed by atoms with E-state index in [-0.39, 0.29) is 10.7 Å². The zero-order valence-corrected chi connectivity index (χ0v) is 12.3. The van der Waals surface area contributed by atoms with Gasteiger partial charge in [0.2, 0.25) is 0 Å². The van der Waals surface area contributed by atoms with Crippen LogP contribution < -0.4 is 10.6 Å². The van der Waals surface area contributed by atoms with Crippen molar-refractivity contribution < 1.29 is 4.92 Å². The third kappa shape index (κ3) is 3.85. The van der Waals surface area contributed by atoms with Gasteiger partial charge in [-0.05, 0) is 25.5 Å². The molecule has 1 aromatic rings. The van der Waals surface area contributed by atoms with E-state index in [2.05, 4.69) is 16.7 Å². The Kier molecular flexibility index (Phi) is 5.23. The monoisotopic (exact) mass is 315 g/mol. The van der Waals surface area contributed by atoms with Crippen LogP contribution in [0, 0.1) is 10.1 Å². The average molecular weight is 316 g/mol. The molecule has 0 aliphatic carbocycles. The van der Waals surface area contributed by atoms with E-state index >= 15 is 0 Å². The number of nitro benzene ring substituents is 1. The minimum Gasteiger partial charge on any atom is -0.379 e. The number of nitrogens with zero attached hydrogens (tertiary/aromatic N) is 1. The normalized spacial score (nSPS) is 14.8. The second kappa shape index (κ2) is 6.92. The zero-order chi connectivity index (χ0) is 14.5. The number of nitro groups is 1. The molecular weight excluding hydrogens is 301 g/mol. The first-order valence-electron chi connectivity index (χ1n) is 6.34. The summed E-state index contributed by atoms with van der Waals surface area (Å²) < 4.78 is 0. The second-order valence-electron chi connectivity index (χ2n) is 4.53. The van der Waals surface area contributed by atoms with Crippen molar-refractivity contribution in [3.63, 3.8) is 0 Å². The van der Waals surface area contributed by atoms with Crippen LogP contribution in [-0.2, 0) is 0 Å². The number of benzene rings is 1. The molecule has 0 amide bonds.